The molecule has 1 fully saturated rings. The molecule has 2 atom stereocenters. The van der Waals surface area contributed by atoms with Crippen LogP contribution in [0.2, 0.25) is 0 Å². The molecule has 72 valence electrons. The maximum atomic E-state index is 11.1. The molecule has 6 heteroatoms. The Labute approximate surface area is 79.2 Å². The van der Waals surface area contributed by atoms with Gasteiger partial charge in [0.15, 0.2) is 0 Å². The first-order valence-electron chi connectivity index (χ1n) is 4.20. The van der Waals surface area contributed by atoms with Crippen molar-refractivity contribution in [2.75, 3.05) is 0 Å². The minimum Gasteiger partial charge on any atom is -0.461 e. The molecule has 0 aromatic rings. The maximum Gasteiger partial charge on any atom is 0.306 e. The lowest BCUT2D eigenvalue weighted by molar-refractivity contribution is -0.141. The molecule has 0 unspecified atom stereocenters. The summed E-state index contributed by atoms with van der Waals surface area (Å²) in [7, 11) is 0. The fourth-order valence-corrected chi connectivity index (χ4v) is 1.79. The molecule has 1 saturated heterocycles. The van der Waals surface area contributed by atoms with Crippen molar-refractivity contribution in [2.24, 2.45) is 11.0 Å². The Balaban J connectivity index is 2.13. The first-order chi connectivity index (χ1) is 6.70. The highest BCUT2D eigenvalue weighted by Crippen LogP contribution is 2.35. The minimum atomic E-state index is -0.571. The van der Waals surface area contributed by atoms with Crippen molar-refractivity contribution in [2.45, 2.75) is 18.9 Å². The number of ether oxygens (including phenoxy) is 1. The molecule has 14 heavy (non-hydrogen) atoms. The number of hydrogen-bond acceptors (Lipinski definition) is 3. The Kier molecular flexibility index (Phi) is 1.98. The molecule has 6 nitrogen and oxygen atoms in total. The van der Waals surface area contributed by atoms with E-state index in [9.17, 15) is 9.59 Å². The Bertz CT molecular complexity index is 381. The van der Waals surface area contributed by atoms with Crippen LogP contribution >= 0.6 is 0 Å². The second-order valence-corrected chi connectivity index (χ2v) is 3.29. The van der Waals surface area contributed by atoms with Gasteiger partial charge in [0.25, 0.3) is 0 Å². The Hall–Kier alpha value is -1.81. The van der Waals surface area contributed by atoms with Gasteiger partial charge in [0.2, 0.25) is 5.91 Å². The quantitative estimate of drug-likeness (QED) is 0.270. The molecular weight excluding hydrogens is 186 g/mol. The number of azide groups is 1. The van der Waals surface area contributed by atoms with Gasteiger partial charge in [-0.25, -0.2) is 0 Å². The van der Waals surface area contributed by atoms with Crippen molar-refractivity contribution in [3.8, 4) is 0 Å². The summed E-state index contributed by atoms with van der Waals surface area (Å²) in [6, 6.07) is 0. The number of amides is 1. The van der Waals surface area contributed by atoms with Crippen molar-refractivity contribution >= 4 is 11.9 Å². The molecule has 2 rings (SSSR count). The monoisotopic (exact) mass is 193 g/mol. The van der Waals surface area contributed by atoms with Gasteiger partial charge in [0.1, 0.15) is 6.10 Å². The van der Waals surface area contributed by atoms with Crippen molar-refractivity contribution in [1.29, 1.82) is 0 Å². The molecule has 0 aromatic heterocycles. The predicted molar refractivity (Wildman–Crippen MR) is 44.8 cm³/mol. The summed E-state index contributed by atoms with van der Waals surface area (Å²) >= 11 is 0. The highest BCUT2D eigenvalue weighted by atomic mass is 16.5. The van der Waals surface area contributed by atoms with E-state index in [1.807, 2.05) is 0 Å². The maximum absolute atomic E-state index is 11.1. The zero-order chi connectivity index (χ0) is 10.1. The van der Waals surface area contributed by atoms with E-state index >= 15 is 0 Å². The molecule has 1 aliphatic carbocycles. The molecule has 1 heterocycles. The van der Waals surface area contributed by atoms with Gasteiger partial charge in [-0.05, 0) is 10.6 Å². The van der Waals surface area contributed by atoms with E-state index in [0.717, 1.165) is 0 Å². The van der Waals surface area contributed by atoms with Crippen molar-refractivity contribution in [3.63, 3.8) is 0 Å². The Morgan fingerprint density at radius 3 is 3.07 bits per heavy atom. The van der Waals surface area contributed by atoms with E-state index in [0.29, 0.717) is 18.4 Å². The van der Waals surface area contributed by atoms with Gasteiger partial charge < -0.3 is 4.74 Å². The fourth-order valence-electron chi connectivity index (χ4n) is 1.79. The van der Waals surface area contributed by atoms with Crippen molar-refractivity contribution < 1.29 is 14.3 Å². The lowest BCUT2D eigenvalue weighted by Crippen LogP contribution is -2.09. The number of nitrogens with zero attached hydrogens (tertiary/aromatic N) is 3. The van der Waals surface area contributed by atoms with E-state index < -0.39 is 5.91 Å². The smallest absolute Gasteiger partial charge is 0.306 e. The summed E-state index contributed by atoms with van der Waals surface area (Å²) in [6.45, 7) is 0. The molecule has 0 N–H and O–H groups in total. The van der Waals surface area contributed by atoms with Crippen LogP contribution < -0.4 is 0 Å². The van der Waals surface area contributed by atoms with Gasteiger partial charge in [0.05, 0.1) is 6.42 Å². The average molecular weight is 193 g/mol. The highest BCUT2D eigenvalue weighted by molar-refractivity contribution is 5.95. The zero-order valence-electron chi connectivity index (χ0n) is 7.21. The van der Waals surface area contributed by atoms with Crippen LogP contribution in [-0.4, -0.2) is 18.0 Å². The van der Waals surface area contributed by atoms with E-state index in [4.69, 9.17) is 10.3 Å². The largest absolute Gasteiger partial charge is 0.461 e. The summed E-state index contributed by atoms with van der Waals surface area (Å²) in [5.74, 6) is -0.820. The summed E-state index contributed by atoms with van der Waals surface area (Å²) in [5, 5.41) is 2.99. The van der Waals surface area contributed by atoms with Crippen LogP contribution in [0.5, 0.6) is 0 Å². The van der Waals surface area contributed by atoms with E-state index in [1.54, 1.807) is 6.08 Å². The second kappa shape index (κ2) is 3.16. The number of carbonyl (C=O) groups is 2. The van der Waals surface area contributed by atoms with Crippen LogP contribution in [0.25, 0.3) is 10.4 Å². The number of hydrogen-bond donors (Lipinski definition) is 0. The molecule has 1 amide bonds. The first-order valence-corrected chi connectivity index (χ1v) is 4.20. The molecule has 0 saturated carbocycles. The number of esters is 1. The van der Waals surface area contributed by atoms with Crippen LogP contribution in [0.1, 0.15) is 12.8 Å². The number of carbonyl (C=O) groups excluding carboxylic acids is 2. The fraction of sp³-hybridized carbons (Fsp3) is 0.500. The van der Waals surface area contributed by atoms with Gasteiger partial charge >= 0.3 is 5.97 Å². The molecule has 0 bridgehead atoms. The summed E-state index contributed by atoms with van der Waals surface area (Å²) in [5.41, 5.74) is 8.52. The van der Waals surface area contributed by atoms with Crippen LogP contribution in [0, 0.1) is 5.92 Å². The third-order valence-electron chi connectivity index (χ3n) is 2.41. The van der Waals surface area contributed by atoms with Crippen molar-refractivity contribution in [3.05, 3.63) is 22.1 Å². The van der Waals surface area contributed by atoms with Crippen molar-refractivity contribution in [1.82, 2.24) is 0 Å². The Morgan fingerprint density at radius 2 is 2.43 bits per heavy atom. The van der Waals surface area contributed by atoms with Crippen LogP contribution in [-0.2, 0) is 14.3 Å². The third-order valence-corrected chi connectivity index (χ3v) is 2.41. The van der Waals surface area contributed by atoms with E-state index in [-0.39, 0.29) is 18.0 Å². The third kappa shape index (κ3) is 1.36. The van der Waals surface area contributed by atoms with Gasteiger partial charge in [-0.2, -0.15) is 0 Å². The van der Waals surface area contributed by atoms with Crippen LogP contribution in [0.15, 0.2) is 16.8 Å². The van der Waals surface area contributed by atoms with Gasteiger partial charge in [-0.15, -0.1) is 0 Å². The van der Waals surface area contributed by atoms with Gasteiger partial charge in [-0.3, -0.25) is 9.59 Å². The molecule has 0 spiro atoms. The van der Waals surface area contributed by atoms with E-state index in [2.05, 4.69) is 10.0 Å². The molecule has 1 aliphatic heterocycles. The molecule has 0 aromatic carbocycles. The second-order valence-electron chi connectivity index (χ2n) is 3.29. The first kappa shape index (κ1) is 8.77. The Morgan fingerprint density at radius 1 is 1.64 bits per heavy atom. The van der Waals surface area contributed by atoms with E-state index in [1.165, 1.54) is 0 Å². The topological polar surface area (TPSA) is 92.1 Å². The number of rotatable bonds is 1. The van der Waals surface area contributed by atoms with Crippen LogP contribution in [0.4, 0.5) is 0 Å². The molecular formula is C8H7N3O3. The number of fused-ring (bicyclic) bond motifs is 1. The van der Waals surface area contributed by atoms with Gasteiger partial charge in [-0.1, -0.05) is 6.08 Å². The SMILES string of the molecule is [N-]=[N+]=NC(=O)C1=C[C@H]2CC(=O)O[C@H]2C1. The summed E-state index contributed by atoms with van der Waals surface area (Å²) < 4.78 is 4.97. The van der Waals surface area contributed by atoms with Crippen LogP contribution in [0.3, 0.4) is 0 Å². The minimum absolute atomic E-state index is 0.0182. The zero-order valence-corrected chi connectivity index (χ0v) is 7.21. The summed E-state index contributed by atoms with van der Waals surface area (Å²) in [4.78, 5) is 24.4. The normalized spacial score (nSPS) is 28.9. The average Bonchev–Trinajstić information content (AvgIpc) is 2.61. The highest BCUT2D eigenvalue weighted by Gasteiger charge is 2.39. The predicted octanol–water partition coefficient (Wildman–Crippen LogP) is 1.09. The van der Waals surface area contributed by atoms with Gasteiger partial charge in [0, 0.05) is 22.8 Å². The standard InChI is InChI=1S/C8H7N3O3/c9-11-10-8(13)5-1-4-3-7(12)14-6(4)2-5/h1,4,6H,2-3H2/t4-,6-/m0/s1. The molecule has 2 aliphatic rings. The summed E-state index contributed by atoms with van der Waals surface area (Å²) in [6.07, 6.45) is 2.13. The molecule has 0 radical (unpaired) electrons. The lowest BCUT2D eigenvalue weighted by atomic mass is 10.1. The lowest BCUT2D eigenvalue weighted by Gasteiger charge is -2.05.